The molecule has 2 saturated heterocycles. The number of aryl methyl sites for hydroxylation is 1. The van der Waals surface area contributed by atoms with Crippen molar-refractivity contribution in [1.29, 1.82) is 0 Å². The third-order valence-electron chi connectivity index (χ3n) is 5.97. The van der Waals surface area contributed by atoms with E-state index in [0.29, 0.717) is 43.7 Å². The summed E-state index contributed by atoms with van der Waals surface area (Å²) in [6.07, 6.45) is 5.31. The molecule has 0 aromatic carbocycles. The van der Waals surface area contributed by atoms with Gasteiger partial charge in [-0.25, -0.2) is 9.97 Å². The van der Waals surface area contributed by atoms with E-state index in [0.717, 1.165) is 42.9 Å². The molecule has 0 radical (unpaired) electrons. The van der Waals surface area contributed by atoms with Gasteiger partial charge in [0.25, 0.3) is 5.91 Å². The number of morpholine rings is 1. The van der Waals surface area contributed by atoms with Gasteiger partial charge in [-0.3, -0.25) is 9.78 Å². The average Bonchev–Trinajstić information content (AvgIpc) is 3.30. The number of nitrogens with zero attached hydrogens (tertiary/aromatic N) is 6. The summed E-state index contributed by atoms with van der Waals surface area (Å²) in [4.78, 5) is 30.9. The van der Waals surface area contributed by atoms with Crippen molar-refractivity contribution in [2.24, 2.45) is 0 Å². The lowest BCUT2D eigenvalue weighted by molar-refractivity contribution is 0.0700. The van der Waals surface area contributed by atoms with Crippen LogP contribution in [-0.2, 0) is 4.74 Å². The maximum Gasteiger partial charge on any atom is 0.272 e. The molecule has 0 N–H and O–H groups in total. The molecule has 2 aliphatic rings. The number of aromatic nitrogens is 4. The van der Waals surface area contributed by atoms with E-state index in [1.54, 1.807) is 12.3 Å². The second-order valence-electron chi connectivity index (χ2n) is 8.21. The summed E-state index contributed by atoms with van der Waals surface area (Å²) < 4.78 is 11.0. The summed E-state index contributed by atoms with van der Waals surface area (Å²) in [7, 11) is 0. The summed E-state index contributed by atoms with van der Waals surface area (Å²) in [5.74, 6) is 1.37. The fraction of sp³-hybridized carbons (Fsp3) is 0.435. The van der Waals surface area contributed by atoms with Crippen LogP contribution in [0.1, 0.15) is 40.6 Å². The number of amides is 1. The molecular formula is C23H26N6O3. The molecule has 0 saturated carbocycles. The van der Waals surface area contributed by atoms with Crippen molar-refractivity contribution in [1.82, 2.24) is 25.0 Å². The number of hydrogen-bond acceptors (Lipinski definition) is 8. The Hall–Kier alpha value is -3.33. The fourth-order valence-corrected chi connectivity index (χ4v) is 4.33. The van der Waals surface area contributed by atoms with Gasteiger partial charge in [0.05, 0.1) is 30.2 Å². The van der Waals surface area contributed by atoms with E-state index in [2.05, 4.69) is 20.0 Å². The molecule has 1 amide bonds. The van der Waals surface area contributed by atoms with Crippen LogP contribution in [0.2, 0.25) is 0 Å². The standard InChI is InChI=1S/C23H26N6O3/c1-16-13-20(32-27-16)18-14-25-23(28-9-11-31-12-10-28)26-21(18)17-5-4-8-29(15-17)22(30)19-6-2-3-7-24-19/h2-3,6-7,13-14,17H,4-5,8-12,15H2,1H3. The van der Waals surface area contributed by atoms with Crippen LogP contribution in [0.5, 0.6) is 0 Å². The normalized spacial score (nSPS) is 19.2. The largest absolute Gasteiger partial charge is 0.378 e. The van der Waals surface area contributed by atoms with Crippen LogP contribution in [0.25, 0.3) is 11.3 Å². The highest BCUT2D eigenvalue weighted by molar-refractivity contribution is 5.92. The van der Waals surface area contributed by atoms with E-state index in [-0.39, 0.29) is 11.8 Å². The van der Waals surface area contributed by atoms with Gasteiger partial charge >= 0.3 is 0 Å². The summed E-state index contributed by atoms with van der Waals surface area (Å²) in [6.45, 7) is 6.03. The van der Waals surface area contributed by atoms with Crippen LogP contribution >= 0.6 is 0 Å². The second-order valence-corrected chi connectivity index (χ2v) is 8.21. The Balaban J connectivity index is 1.47. The molecule has 2 fully saturated rings. The van der Waals surface area contributed by atoms with Crippen molar-refractivity contribution in [3.05, 3.63) is 53.7 Å². The molecule has 32 heavy (non-hydrogen) atoms. The molecule has 9 nitrogen and oxygen atoms in total. The Morgan fingerprint density at radius 3 is 2.78 bits per heavy atom. The molecule has 2 aliphatic heterocycles. The van der Waals surface area contributed by atoms with Gasteiger partial charge in [0.15, 0.2) is 5.76 Å². The van der Waals surface area contributed by atoms with Gasteiger partial charge in [-0.2, -0.15) is 0 Å². The van der Waals surface area contributed by atoms with Crippen LogP contribution in [0.4, 0.5) is 5.95 Å². The highest BCUT2D eigenvalue weighted by Crippen LogP contribution is 2.34. The number of carbonyl (C=O) groups excluding carboxylic acids is 1. The number of pyridine rings is 1. The van der Waals surface area contributed by atoms with Crippen molar-refractivity contribution in [2.75, 3.05) is 44.3 Å². The second kappa shape index (κ2) is 9.04. The summed E-state index contributed by atoms with van der Waals surface area (Å²) in [5.41, 5.74) is 3.01. The number of ether oxygens (including phenoxy) is 1. The van der Waals surface area contributed by atoms with Gasteiger partial charge in [0, 0.05) is 50.6 Å². The molecule has 3 aromatic rings. The lowest BCUT2D eigenvalue weighted by Crippen LogP contribution is -2.40. The first-order valence-electron chi connectivity index (χ1n) is 11.0. The van der Waals surface area contributed by atoms with E-state index in [4.69, 9.17) is 14.2 Å². The van der Waals surface area contributed by atoms with E-state index in [9.17, 15) is 4.79 Å². The van der Waals surface area contributed by atoms with Crippen molar-refractivity contribution >= 4 is 11.9 Å². The molecule has 5 heterocycles. The lowest BCUT2D eigenvalue weighted by atomic mass is 9.91. The SMILES string of the molecule is Cc1cc(-c2cnc(N3CCOCC3)nc2C2CCCN(C(=O)c3ccccn3)C2)on1. The van der Waals surface area contributed by atoms with Gasteiger partial charge in [-0.05, 0) is 31.9 Å². The number of hydrogen-bond donors (Lipinski definition) is 0. The van der Waals surface area contributed by atoms with Gasteiger partial charge < -0.3 is 19.1 Å². The van der Waals surface area contributed by atoms with E-state index >= 15 is 0 Å². The third-order valence-corrected chi connectivity index (χ3v) is 5.97. The Morgan fingerprint density at radius 1 is 1.16 bits per heavy atom. The van der Waals surface area contributed by atoms with Gasteiger partial charge in [-0.1, -0.05) is 11.2 Å². The molecule has 3 aromatic heterocycles. The minimum Gasteiger partial charge on any atom is -0.378 e. The van der Waals surface area contributed by atoms with Crippen molar-refractivity contribution in [3.8, 4) is 11.3 Å². The molecule has 1 unspecified atom stereocenters. The summed E-state index contributed by atoms with van der Waals surface area (Å²) in [6, 6.07) is 7.31. The number of piperidine rings is 1. The van der Waals surface area contributed by atoms with Crippen molar-refractivity contribution in [3.63, 3.8) is 0 Å². The predicted molar refractivity (Wildman–Crippen MR) is 117 cm³/mol. The van der Waals surface area contributed by atoms with Crippen LogP contribution < -0.4 is 4.90 Å². The van der Waals surface area contributed by atoms with Crippen LogP contribution in [-0.4, -0.2) is 70.3 Å². The van der Waals surface area contributed by atoms with E-state index in [1.165, 1.54) is 0 Å². The minimum atomic E-state index is -0.0465. The summed E-state index contributed by atoms with van der Waals surface area (Å²) in [5, 5.41) is 4.04. The quantitative estimate of drug-likeness (QED) is 0.618. The molecule has 0 bridgehead atoms. The van der Waals surface area contributed by atoms with Crippen LogP contribution in [0, 0.1) is 6.92 Å². The van der Waals surface area contributed by atoms with Gasteiger partial charge in [0.2, 0.25) is 5.95 Å². The molecule has 166 valence electrons. The number of rotatable bonds is 4. The number of carbonyl (C=O) groups is 1. The maximum absolute atomic E-state index is 13.0. The Kier molecular flexibility index (Phi) is 5.81. The van der Waals surface area contributed by atoms with Crippen molar-refractivity contribution in [2.45, 2.75) is 25.7 Å². The minimum absolute atomic E-state index is 0.0465. The number of anilines is 1. The zero-order chi connectivity index (χ0) is 21.9. The molecular weight excluding hydrogens is 408 g/mol. The lowest BCUT2D eigenvalue weighted by Gasteiger charge is -2.33. The highest BCUT2D eigenvalue weighted by Gasteiger charge is 2.30. The van der Waals surface area contributed by atoms with Gasteiger partial charge in [0.1, 0.15) is 5.69 Å². The molecule has 9 heteroatoms. The topological polar surface area (TPSA) is 97.5 Å². The van der Waals surface area contributed by atoms with Crippen LogP contribution in [0.15, 0.2) is 41.2 Å². The molecule has 0 aliphatic carbocycles. The Morgan fingerprint density at radius 2 is 2.03 bits per heavy atom. The zero-order valence-corrected chi connectivity index (χ0v) is 18.1. The zero-order valence-electron chi connectivity index (χ0n) is 18.1. The number of likely N-dealkylation sites (tertiary alicyclic amines) is 1. The monoisotopic (exact) mass is 434 g/mol. The fourth-order valence-electron chi connectivity index (χ4n) is 4.33. The maximum atomic E-state index is 13.0. The van der Waals surface area contributed by atoms with Crippen LogP contribution in [0.3, 0.4) is 0 Å². The molecule has 5 rings (SSSR count). The van der Waals surface area contributed by atoms with Crippen molar-refractivity contribution < 1.29 is 14.1 Å². The molecule has 1 atom stereocenters. The predicted octanol–water partition coefficient (Wildman–Crippen LogP) is 2.69. The average molecular weight is 435 g/mol. The summed E-state index contributed by atoms with van der Waals surface area (Å²) >= 11 is 0. The first-order valence-corrected chi connectivity index (χ1v) is 11.0. The van der Waals surface area contributed by atoms with E-state index in [1.807, 2.05) is 36.2 Å². The Bertz CT molecular complexity index is 1080. The van der Waals surface area contributed by atoms with E-state index < -0.39 is 0 Å². The third kappa shape index (κ3) is 4.20. The first-order chi connectivity index (χ1) is 15.7. The van der Waals surface area contributed by atoms with Gasteiger partial charge in [-0.15, -0.1) is 0 Å². The first kappa shape index (κ1) is 20.6. The Labute approximate surface area is 186 Å². The smallest absolute Gasteiger partial charge is 0.272 e. The molecule has 0 spiro atoms. The highest BCUT2D eigenvalue weighted by atomic mass is 16.5.